The average molecular weight is 352 g/mol. The molecule has 0 saturated heterocycles. The zero-order valence-electron chi connectivity index (χ0n) is 12.2. The molecule has 0 fully saturated rings. The number of fused-ring (bicyclic) bond motifs is 1. The first kappa shape index (κ1) is 16.6. The largest absolute Gasteiger partial charge is 0.508 e. The van der Waals surface area contributed by atoms with Crippen molar-refractivity contribution in [2.45, 2.75) is 6.18 Å². The third kappa shape index (κ3) is 3.08. The van der Waals surface area contributed by atoms with Gasteiger partial charge in [0.05, 0.1) is 16.6 Å². The maximum absolute atomic E-state index is 14.2. The molecule has 0 amide bonds. The van der Waals surface area contributed by atoms with E-state index in [0.29, 0.717) is 6.07 Å². The molecule has 0 saturated carbocycles. The van der Waals surface area contributed by atoms with Gasteiger partial charge < -0.3 is 10.2 Å². The van der Waals surface area contributed by atoms with Gasteiger partial charge in [-0.3, -0.25) is 0 Å². The van der Waals surface area contributed by atoms with Crippen molar-refractivity contribution in [1.82, 2.24) is 9.97 Å². The van der Waals surface area contributed by atoms with Crippen LogP contribution in [0.2, 0.25) is 0 Å². The van der Waals surface area contributed by atoms with Gasteiger partial charge in [-0.15, -0.1) is 0 Å². The summed E-state index contributed by atoms with van der Waals surface area (Å²) in [6, 6.07) is 5.95. The molecule has 3 aromatic rings. The Morgan fingerprint density at radius 2 is 1.72 bits per heavy atom. The molecule has 1 heterocycles. The lowest BCUT2D eigenvalue weighted by Crippen LogP contribution is -2.12. The number of carbonyl (C=O) groups is 1. The standard InChI is InChI=1S/C16H8F4N2O3/c17-10-5-7(15(24)25)1-3-9(10)13-14(16(18,19)20)22-12-6-8(23)2-4-11(12)21-13/h1-6,23H,(H,24,25). The Hall–Kier alpha value is -3.23. The Morgan fingerprint density at radius 3 is 2.32 bits per heavy atom. The van der Waals surface area contributed by atoms with E-state index >= 15 is 0 Å². The highest BCUT2D eigenvalue weighted by Gasteiger charge is 2.37. The van der Waals surface area contributed by atoms with Crippen molar-refractivity contribution < 1.29 is 32.6 Å². The Kier molecular flexibility index (Phi) is 3.78. The summed E-state index contributed by atoms with van der Waals surface area (Å²) in [4.78, 5) is 18.1. The molecule has 9 heteroatoms. The Morgan fingerprint density at radius 1 is 1.00 bits per heavy atom. The average Bonchev–Trinajstić information content (AvgIpc) is 2.52. The number of hydrogen-bond acceptors (Lipinski definition) is 4. The van der Waals surface area contributed by atoms with Crippen molar-refractivity contribution in [2.24, 2.45) is 0 Å². The highest BCUT2D eigenvalue weighted by atomic mass is 19.4. The van der Waals surface area contributed by atoms with Crippen molar-refractivity contribution in [3.63, 3.8) is 0 Å². The number of carboxylic acid groups (broad SMARTS) is 1. The molecule has 0 aliphatic rings. The predicted octanol–water partition coefficient (Wildman–Crippen LogP) is 3.86. The smallest absolute Gasteiger partial charge is 0.435 e. The molecule has 5 nitrogen and oxygen atoms in total. The normalized spacial score (nSPS) is 11.7. The van der Waals surface area contributed by atoms with Gasteiger partial charge in [0.25, 0.3) is 0 Å². The van der Waals surface area contributed by atoms with E-state index in [1.54, 1.807) is 0 Å². The quantitative estimate of drug-likeness (QED) is 0.685. The first-order valence-electron chi connectivity index (χ1n) is 6.78. The second-order valence-electron chi connectivity index (χ2n) is 5.09. The fourth-order valence-electron chi connectivity index (χ4n) is 2.27. The minimum Gasteiger partial charge on any atom is -0.508 e. The van der Waals surface area contributed by atoms with Crippen LogP contribution in [0.4, 0.5) is 17.6 Å². The molecule has 0 spiro atoms. The van der Waals surface area contributed by atoms with E-state index in [0.717, 1.165) is 18.2 Å². The third-order valence-electron chi connectivity index (χ3n) is 3.39. The zero-order chi connectivity index (χ0) is 18.4. The van der Waals surface area contributed by atoms with E-state index in [-0.39, 0.29) is 16.8 Å². The molecular formula is C16H8F4N2O3. The van der Waals surface area contributed by atoms with Crippen LogP contribution in [0.3, 0.4) is 0 Å². The number of nitrogens with zero attached hydrogens (tertiary/aromatic N) is 2. The summed E-state index contributed by atoms with van der Waals surface area (Å²) >= 11 is 0. The molecule has 2 N–H and O–H groups in total. The first-order valence-corrected chi connectivity index (χ1v) is 6.78. The maximum Gasteiger partial charge on any atom is 0.435 e. The van der Waals surface area contributed by atoms with E-state index in [4.69, 9.17) is 5.11 Å². The number of phenols is 1. The first-order chi connectivity index (χ1) is 11.7. The molecule has 0 radical (unpaired) electrons. The van der Waals surface area contributed by atoms with Crippen LogP contribution in [-0.4, -0.2) is 26.2 Å². The van der Waals surface area contributed by atoms with Gasteiger partial charge in [-0.1, -0.05) is 0 Å². The summed E-state index contributed by atoms with van der Waals surface area (Å²) in [6.07, 6.45) is -4.93. The molecule has 2 aromatic carbocycles. The molecule has 0 unspecified atom stereocenters. The summed E-state index contributed by atoms with van der Waals surface area (Å²) in [5, 5.41) is 18.2. The Labute approximate surface area is 137 Å². The van der Waals surface area contributed by atoms with Crippen LogP contribution >= 0.6 is 0 Å². The van der Waals surface area contributed by atoms with Gasteiger partial charge in [0.15, 0.2) is 5.69 Å². The molecule has 0 aliphatic heterocycles. The van der Waals surface area contributed by atoms with E-state index in [2.05, 4.69) is 9.97 Å². The SMILES string of the molecule is O=C(O)c1ccc(-c2nc3ccc(O)cc3nc2C(F)(F)F)c(F)c1. The number of carboxylic acids is 1. The van der Waals surface area contributed by atoms with Crippen molar-refractivity contribution in [2.75, 3.05) is 0 Å². The van der Waals surface area contributed by atoms with Crippen LogP contribution in [0.25, 0.3) is 22.3 Å². The number of alkyl halides is 3. The molecule has 1 aromatic heterocycles. The lowest BCUT2D eigenvalue weighted by Gasteiger charge is -2.13. The summed E-state index contributed by atoms with van der Waals surface area (Å²) in [6.45, 7) is 0. The minimum atomic E-state index is -4.93. The third-order valence-corrected chi connectivity index (χ3v) is 3.39. The highest BCUT2D eigenvalue weighted by molar-refractivity contribution is 5.88. The van der Waals surface area contributed by atoms with Crippen LogP contribution in [-0.2, 0) is 6.18 Å². The number of benzene rings is 2. The van der Waals surface area contributed by atoms with Crippen molar-refractivity contribution in [1.29, 1.82) is 0 Å². The molecule has 0 bridgehead atoms. The lowest BCUT2D eigenvalue weighted by atomic mass is 10.1. The highest BCUT2D eigenvalue weighted by Crippen LogP contribution is 2.37. The summed E-state index contributed by atoms with van der Waals surface area (Å²) < 4.78 is 54.2. The number of aromatic nitrogens is 2. The summed E-state index contributed by atoms with van der Waals surface area (Å²) in [5.74, 6) is -2.88. The van der Waals surface area contributed by atoms with Crippen molar-refractivity contribution in [3.8, 4) is 17.0 Å². The maximum atomic E-state index is 14.2. The number of aromatic carboxylic acids is 1. The lowest BCUT2D eigenvalue weighted by molar-refractivity contribution is -0.140. The minimum absolute atomic E-state index is 0.0162. The van der Waals surface area contributed by atoms with Gasteiger partial charge in [-0.25, -0.2) is 19.2 Å². The van der Waals surface area contributed by atoms with Crippen LogP contribution < -0.4 is 0 Å². The molecule has 3 rings (SSSR count). The number of rotatable bonds is 2. The van der Waals surface area contributed by atoms with E-state index in [1.165, 1.54) is 12.1 Å². The molecule has 0 atom stereocenters. The van der Waals surface area contributed by atoms with Gasteiger partial charge in [0, 0.05) is 11.6 Å². The van der Waals surface area contributed by atoms with Crippen LogP contribution in [0.1, 0.15) is 16.1 Å². The van der Waals surface area contributed by atoms with Gasteiger partial charge >= 0.3 is 12.1 Å². The van der Waals surface area contributed by atoms with Crippen molar-refractivity contribution in [3.05, 3.63) is 53.5 Å². The monoisotopic (exact) mass is 352 g/mol. The number of phenolic OH excluding ortho intramolecular Hbond substituents is 1. The molecular weight excluding hydrogens is 344 g/mol. The predicted molar refractivity (Wildman–Crippen MR) is 78.6 cm³/mol. The van der Waals surface area contributed by atoms with Gasteiger partial charge in [0.2, 0.25) is 0 Å². The fraction of sp³-hybridized carbons (Fsp3) is 0.0625. The number of hydrogen-bond donors (Lipinski definition) is 2. The van der Waals surface area contributed by atoms with Crippen molar-refractivity contribution >= 4 is 17.0 Å². The Balaban J connectivity index is 2.31. The zero-order valence-corrected chi connectivity index (χ0v) is 12.2. The summed E-state index contributed by atoms with van der Waals surface area (Å²) in [5.41, 5.74) is -3.33. The fourth-order valence-corrected chi connectivity index (χ4v) is 2.27. The topological polar surface area (TPSA) is 83.3 Å². The molecule has 128 valence electrons. The van der Waals surface area contributed by atoms with Crippen LogP contribution in [0.15, 0.2) is 36.4 Å². The van der Waals surface area contributed by atoms with Gasteiger partial charge in [-0.2, -0.15) is 13.2 Å². The summed E-state index contributed by atoms with van der Waals surface area (Å²) in [7, 11) is 0. The molecule has 0 aliphatic carbocycles. The van der Waals surface area contributed by atoms with Crippen LogP contribution in [0.5, 0.6) is 5.75 Å². The van der Waals surface area contributed by atoms with Crippen LogP contribution in [0, 0.1) is 5.82 Å². The Bertz CT molecular complexity index is 1000. The van der Waals surface area contributed by atoms with E-state index in [1.807, 2.05) is 0 Å². The van der Waals surface area contributed by atoms with Gasteiger partial charge in [0.1, 0.15) is 17.3 Å². The second-order valence-corrected chi connectivity index (χ2v) is 5.09. The number of halogens is 4. The second kappa shape index (κ2) is 5.69. The number of aromatic hydroxyl groups is 1. The molecule has 25 heavy (non-hydrogen) atoms. The van der Waals surface area contributed by atoms with E-state index < -0.39 is 40.5 Å². The van der Waals surface area contributed by atoms with E-state index in [9.17, 15) is 27.5 Å². The van der Waals surface area contributed by atoms with Gasteiger partial charge in [-0.05, 0) is 30.3 Å².